The second-order valence-corrected chi connectivity index (χ2v) is 7.28. The molecule has 3 rings (SSSR count). The van der Waals surface area contributed by atoms with E-state index in [1.165, 1.54) is 5.56 Å². The summed E-state index contributed by atoms with van der Waals surface area (Å²) in [7, 11) is 2.14. The lowest BCUT2D eigenvalue weighted by Gasteiger charge is -2.18. The van der Waals surface area contributed by atoms with Gasteiger partial charge in [-0.15, -0.1) is 11.6 Å². The third-order valence-corrected chi connectivity index (χ3v) is 4.67. The third kappa shape index (κ3) is 4.24. The third-order valence-electron chi connectivity index (χ3n) is 4.48. The molecule has 0 aliphatic rings. The van der Waals surface area contributed by atoms with E-state index in [4.69, 9.17) is 11.6 Å². The average molecular weight is 367 g/mol. The number of benzene rings is 2. The second kappa shape index (κ2) is 8.35. The van der Waals surface area contributed by atoms with Crippen molar-refractivity contribution in [1.29, 1.82) is 5.26 Å². The second-order valence-electron chi connectivity index (χ2n) is 6.63. The molecule has 0 saturated carbocycles. The number of fused-ring (bicyclic) bond motifs is 1. The molecule has 0 saturated heterocycles. The van der Waals surface area contributed by atoms with Crippen LogP contribution in [-0.4, -0.2) is 28.0 Å². The molecule has 2 aromatic carbocycles. The Kier molecular flexibility index (Phi) is 5.92. The molecule has 3 aromatic rings. The molecule has 0 spiro atoms. The highest BCUT2D eigenvalue weighted by atomic mass is 35.5. The zero-order valence-electron chi connectivity index (χ0n) is 15.2. The molecule has 0 amide bonds. The summed E-state index contributed by atoms with van der Waals surface area (Å²) in [5.74, 6) is 0.863. The molecule has 1 atom stereocenters. The van der Waals surface area contributed by atoms with E-state index in [1.807, 2.05) is 25.1 Å². The summed E-state index contributed by atoms with van der Waals surface area (Å²) in [5.41, 5.74) is 3.84. The van der Waals surface area contributed by atoms with Crippen LogP contribution in [0.4, 0.5) is 0 Å². The van der Waals surface area contributed by atoms with Crippen LogP contribution in [0, 0.1) is 11.3 Å². The minimum atomic E-state index is -0.171. The highest BCUT2D eigenvalue weighted by Gasteiger charge is 2.15. The Balaban J connectivity index is 1.71. The van der Waals surface area contributed by atoms with Crippen LogP contribution >= 0.6 is 11.6 Å². The van der Waals surface area contributed by atoms with Gasteiger partial charge >= 0.3 is 0 Å². The number of rotatable bonds is 7. The van der Waals surface area contributed by atoms with Crippen molar-refractivity contribution in [3.8, 4) is 6.07 Å². The van der Waals surface area contributed by atoms with E-state index in [-0.39, 0.29) is 5.38 Å². The van der Waals surface area contributed by atoms with E-state index in [0.29, 0.717) is 5.56 Å². The Morgan fingerprint density at radius 3 is 2.69 bits per heavy atom. The van der Waals surface area contributed by atoms with Crippen molar-refractivity contribution in [2.75, 3.05) is 13.6 Å². The minimum absolute atomic E-state index is 0.171. The van der Waals surface area contributed by atoms with Gasteiger partial charge in [0.2, 0.25) is 0 Å². The maximum atomic E-state index is 9.18. The molecule has 5 heteroatoms. The number of hydrogen-bond acceptors (Lipinski definition) is 3. The fourth-order valence-electron chi connectivity index (χ4n) is 3.22. The largest absolute Gasteiger partial charge is 0.327 e. The van der Waals surface area contributed by atoms with Crippen LogP contribution in [0.5, 0.6) is 0 Å². The first-order chi connectivity index (χ1) is 12.6. The van der Waals surface area contributed by atoms with Crippen molar-refractivity contribution in [3.05, 3.63) is 65.5 Å². The first-order valence-electron chi connectivity index (χ1n) is 8.85. The molecule has 4 nitrogen and oxygen atoms in total. The topological polar surface area (TPSA) is 44.9 Å². The van der Waals surface area contributed by atoms with Crippen molar-refractivity contribution >= 4 is 22.6 Å². The molecule has 134 valence electrons. The summed E-state index contributed by atoms with van der Waals surface area (Å²) in [6, 6.07) is 18.3. The van der Waals surface area contributed by atoms with E-state index in [0.717, 1.165) is 42.9 Å². The maximum Gasteiger partial charge on any atom is 0.127 e. The zero-order valence-corrected chi connectivity index (χ0v) is 15.9. The van der Waals surface area contributed by atoms with Crippen LogP contribution < -0.4 is 0 Å². The standard InChI is InChI=1S/C21H23ClN4/c1-16(22)21-24-19-10-9-18(14-23)13-20(19)26(21)12-6-11-25(2)15-17-7-4-3-5-8-17/h3-5,7-10,13,16H,6,11-12,15H2,1-2H3. The Bertz CT molecular complexity index is 909. The first kappa shape index (κ1) is 18.4. The quantitative estimate of drug-likeness (QED) is 0.568. The van der Waals surface area contributed by atoms with Gasteiger partial charge in [0.1, 0.15) is 5.82 Å². The van der Waals surface area contributed by atoms with Crippen LogP contribution in [0.3, 0.4) is 0 Å². The minimum Gasteiger partial charge on any atom is -0.327 e. The number of halogens is 1. The van der Waals surface area contributed by atoms with Gasteiger partial charge in [-0.2, -0.15) is 5.26 Å². The molecule has 1 heterocycles. The van der Waals surface area contributed by atoms with Crippen molar-refractivity contribution in [2.24, 2.45) is 0 Å². The number of imidazole rings is 1. The van der Waals surface area contributed by atoms with Gasteiger partial charge in [-0.3, -0.25) is 0 Å². The monoisotopic (exact) mass is 366 g/mol. The van der Waals surface area contributed by atoms with Crippen LogP contribution in [0.1, 0.15) is 35.7 Å². The SMILES string of the molecule is CC(Cl)c1nc2ccc(C#N)cc2n1CCCN(C)Cc1ccccc1. The van der Waals surface area contributed by atoms with Gasteiger partial charge in [0.05, 0.1) is 28.0 Å². The van der Waals surface area contributed by atoms with Crippen molar-refractivity contribution < 1.29 is 0 Å². The van der Waals surface area contributed by atoms with Gasteiger partial charge < -0.3 is 9.47 Å². The summed E-state index contributed by atoms with van der Waals surface area (Å²) in [6.07, 6.45) is 0.988. The lowest BCUT2D eigenvalue weighted by Crippen LogP contribution is -2.20. The number of nitriles is 1. The maximum absolute atomic E-state index is 9.18. The van der Waals surface area contributed by atoms with Crippen LogP contribution in [0.15, 0.2) is 48.5 Å². The van der Waals surface area contributed by atoms with E-state index < -0.39 is 0 Å². The normalized spacial score (nSPS) is 12.4. The number of aryl methyl sites for hydroxylation is 1. The highest BCUT2D eigenvalue weighted by Crippen LogP contribution is 2.25. The lowest BCUT2D eigenvalue weighted by atomic mass is 10.2. The van der Waals surface area contributed by atoms with Gasteiger partial charge in [0.15, 0.2) is 0 Å². The molecule has 0 fully saturated rings. The number of nitrogens with zero attached hydrogens (tertiary/aromatic N) is 4. The molecular weight excluding hydrogens is 344 g/mol. The molecule has 0 N–H and O–H groups in total. The van der Waals surface area contributed by atoms with Crippen molar-refractivity contribution in [3.63, 3.8) is 0 Å². The number of hydrogen-bond donors (Lipinski definition) is 0. The molecule has 0 aliphatic heterocycles. The summed E-state index contributed by atoms with van der Waals surface area (Å²) >= 11 is 6.34. The van der Waals surface area contributed by atoms with Crippen molar-refractivity contribution in [2.45, 2.75) is 31.8 Å². The Morgan fingerprint density at radius 2 is 2.00 bits per heavy atom. The fourth-order valence-corrected chi connectivity index (χ4v) is 3.39. The van der Waals surface area contributed by atoms with Gasteiger partial charge in [0, 0.05) is 13.1 Å². The van der Waals surface area contributed by atoms with Gasteiger partial charge in [0.25, 0.3) is 0 Å². The summed E-state index contributed by atoms with van der Waals surface area (Å²) in [4.78, 5) is 6.98. The van der Waals surface area contributed by atoms with Gasteiger partial charge in [-0.25, -0.2) is 4.98 Å². The predicted molar refractivity (Wildman–Crippen MR) is 106 cm³/mol. The first-order valence-corrected chi connectivity index (χ1v) is 9.29. The summed E-state index contributed by atoms with van der Waals surface area (Å²) in [6.45, 7) is 4.67. The molecule has 26 heavy (non-hydrogen) atoms. The molecule has 0 aliphatic carbocycles. The van der Waals surface area contributed by atoms with Crippen LogP contribution in [0.25, 0.3) is 11.0 Å². The van der Waals surface area contributed by atoms with Gasteiger partial charge in [-0.1, -0.05) is 30.3 Å². The molecule has 1 aromatic heterocycles. The summed E-state index contributed by atoms with van der Waals surface area (Å²) < 4.78 is 2.16. The predicted octanol–water partition coefficient (Wildman–Crippen LogP) is 4.73. The van der Waals surface area contributed by atoms with E-state index in [2.05, 4.69) is 51.8 Å². The van der Waals surface area contributed by atoms with Crippen molar-refractivity contribution in [1.82, 2.24) is 14.5 Å². The Morgan fingerprint density at radius 1 is 1.23 bits per heavy atom. The van der Waals surface area contributed by atoms with Gasteiger partial charge in [-0.05, 0) is 50.7 Å². The number of aromatic nitrogens is 2. The lowest BCUT2D eigenvalue weighted by molar-refractivity contribution is 0.314. The Labute approximate surface area is 159 Å². The highest BCUT2D eigenvalue weighted by molar-refractivity contribution is 6.20. The van der Waals surface area contributed by atoms with E-state index >= 15 is 0 Å². The average Bonchev–Trinajstić information content (AvgIpc) is 3.00. The zero-order chi connectivity index (χ0) is 18.5. The molecule has 1 unspecified atom stereocenters. The molecule has 0 bridgehead atoms. The summed E-state index contributed by atoms with van der Waals surface area (Å²) in [5, 5.41) is 9.01. The Hall–Kier alpha value is -2.35. The fraction of sp³-hybridized carbons (Fsp3) is 0.333. The van der Waals surface area contributed by atoms with E-state index in [1.54, 1.807) is 6.07 Å². The van der Waals surface area contributed by atoms with E-state index in [9.17, 15) is 5.26 Å². The molecule has 0 radical (unpaired) electrons. The molecular formula is C21H23ClN4. The smallest absolute Gasteiger partial charge is 0.127 e. The number of alkyl halides is 1. The van der Waals surface area contributed by atoms with Crippen LogP contribution in [-0.2, 0) is 13.1 Å². The van der Waals surface area contributed by atoms with Crippen LogP contribution in [0.2, 0.25) is 0 Å².